The number of hydroxylamine groups is 1. The Morgan fingerprint density at radius 2 is 1.97 bits per heavy atom. The summed E-state index contributed by atoms with van der Waals surface area (Å²) in [6, 6.07) is 6.38. The van der Waals surface area contributed by atoms with Gasteiger partial charge in [0.2, 0.25) is 18.1 Å². The van der Waals surface area contributed by atoms with E-state index in [1.807, 2.05) is 38.2 Å². The van der Waals surface area contributed by atoms with Crippen LogP contribution in [-0.4, -0.2) is 63.5 Å². The molecule has 2 aromatic rings. The first-order chi connectivity index (χ1) is 16.9. The number of hydrogen-bond donors (Lipinski definition) is 1. The number of guanidine groups is 1. The minimum absolute atomic E-state index is 0.175. The van der Waals surface area contributed by atoms with Crippen LogP contribution in [0.2, 0.25) is 0 Å². The van der Waals surface area contributed by atoms with E-state index in [0.29, 0.717) is 18.4 Å². The van der Waals surface area contributed by atoms with Crippen molar-refractivity contribution in [2.24, 2.45) is 10.9 Å². The summed E-state index contributed by atoms with van der Waals surface area (Å²) in [6.07, 6.45) is 7.15. The molecule has 1 saturated heterocycles. The zero-order chi connectivity index (χ0) is 24.6. The summed E-state index contributed by atoms with van der Waals surface area (Å²) in [5.41, 5.74) is 4.62. The van der Waals surface area contributed by atoms with Crippen molar-refractivity contribution in [2.45, 2.75) is 70.6 Å². The first kappa shape index (κ1) is 24.0. The molecule has 3 heterocycles. The molecule has 0 radical (unpaired) electrons. The van der Waals surface area contributed by atoms with Crippen LogP contribution in [0.15, 0.2) is 29.4 Å². The normalized spacial score (nSPS) is 24.2. The van der Waals surface area contributed by atoms with Crippen molar-refractivity contribution in [3.63, 3.8) is 0 Å². The molecule has 2 saturated carbocycles. The standard InChI is InChI=1S/C23H28F2N6O2.C2H6/c24-23(25)13-29(20(32)10-15-4-5-15)8-9-30(14-23)22-27-21(33-28-22)16-6-7-17-12-26-31(19(17)11-16)18-2-1-3-18;1-2/h6-7,11-12,15,18,21H,1-5,8-10,13-14H2,(H,27,28);1-2H3. The Labute approximate surface area is 204 Å². The maximum Gasteiger partial charge on any atom is 0.282 e. The van der Waals surface area contributed by atoms with Gasteiger partial charge in [-0.1, -0.05) is 26.0 Å². The highest BCUT2D eigenvalue weighted by Gasteiger charge is 2.41. The second kappa shape index (κ2) is 9.72. The van der Waals surface area contributed by atoms with Gasteiger partial charge in [-0.15, -0.1) is 0 Å². The number of carbonyl (C=O) groups excluding carboxylic acids is 1. The van der Waals surface area contributed by atoms with Crippen LogP contribution in [0, 0.1) is 5.92 Å². The maximum atomic E-state index is 14.7. The van der Waals surface area contributed by atoms with Crippen molar-refractivity contribution in [3.8, 4) is 0 Å². The molecule has 1 atom stereocenters. The number of amides is 1. The van der Waals surface area contributed by atoms with Gasteiger partial charge in [0.1, 0.15) is 0 Å². The van der Waals surface area contributed by atoms with E-state index in [4.69, 9.17) is 4.84 Å². The lowest BCUT2D eigenvalue weighted by molar-refractivity contribution is -0.135. The molecular weight excluding hydrogens is 454 g/mol. The molecule has 1 aromatic carbocycles. The van der Waals surface area contributed by atoms with Gasteiger partial charge < -0.3 is 9.80 Å². The molecule has 8 nitrogen and oxygen atoms in total. The highest BCUT2D eigenvalue weighted by Crippen LogP contribution is 2.35. The number of hydrogen-bond acceptors (Lipinski definition) is 6. The molecule has 3 fully saturated rings. The van der Waals surface area contributed by atoms with Crippen LogP contribution in [0.5, 0.6) is 0 Å². The molecule has 1 amide bonds. The summed E-state index contributed by atoms with van der Waals surface area (Å²) < 4.78 is 31.4. The van der Waals surface area contributed by atoms with E-state index in [-0.39, 0.29) is 25.0 Å². The van der Waals surface area contributed by atoms with E-state index < -0.39 is 25.2 Å². The van der Waals surface area contributed by atoms with Gasteiger partial charge in [-0.05, 0) is 44.1 Å². The SMILES string of the molecule is CC.O=C(CC1CC1)N1CCN(C2=NC(c3ccc4cnn(C5CCC5)c4c3)ON2)CC(F)(F)C1. The molecule has 1 N–H and O–H groups in total. The highest BCUT2D eigenvalue weighted by atomic mass is 19.3. The summed E-state index contributed by atoms with van der Waals surface area (Å²) in [5.74, 6) is -2.54. The van der Waals surface area contributed by atoms with Crippen LogP contribution in [-0.2, 0) is 9.63 Å². The fourth-order valence-electron chi connectivity index (χ4n) is 4.79. The lowest BCUT2D eigenvalue weighted by atomic mass is 9.93. The zero-order valence-corrected chi connectivity index (χ0v) is 20.4. The minimum Gasteiger partial charge on any atom is -0.335 e. The highest BCUT2D eigenvalue weighted by molar-refractivity contribution is 5.82. The van der Waals surface area contributed by atoms with Gasteiger partial charge in [-0.3, -0.25) is 9.48 Å². The second-order valence-corrected chi connectivity index (χ2v) is 9.76. The van der Waals surface area contributed by atoms with Gasteiger partial charge in [0.05, 0.1) is 30.8 Å². The molecule has 0 spiro atoms. The molecule has 1 aromatic heterocycles. The number of aromatic nitrogens is 2. The number of nitrogens with zero attached hydrogens (tertiary/aromatic N) is 5. The summed E-state index contributed by atoms with van der Waals surface area (Å²) >= 11 is 0. The fraction of sp³-hybridized carbons (Fsp3) is 0.640. The number of benzene rings is 1. The Kier molecular flexibility index (Phi) is 6.65. The lowest BCUT2D eigenvalue weighted by Crippen LogP contribution is -2.45. The number of nitrogens with one attached hydrogen (secondary N) is 1. The van der Waals surface area contributed by atoms with Gasteiger partial charge in [0.25, 0.3) is 5.92 Å². The van der Waals surface area contributed by atoms with Crippen molar-refractivity contribution in [3.05, 3.63) is 30.0 Å². The van der Waals surface area contributed by atoms with E-state index in [9.17, 15) is 13.6 Å². The van der Waals surface area contributed by atoms with Crippen LogP contribution in [0.3, 0.4) is 0 Å². The fourth-order valence-corrected chi connectivity index (χ4v) is 4.79. The van der Waals surface area contributed by atoms with Gasteiger partial charge in [0.15, 0.2) is 0 Å². The smallest absolute Gasteiger partial charge is 0.282 e. The van der Waals surface area contributed by atoms with Crippen LogP contribution in [0.4, 0.5) is 8.78 Å². The van der Waals surface area contributed by atoms with Gasteiger partial charge in [-0.2, -0.15) is 5.10 Å². The van der Waals surface area contributed by atoms with E-state index in [2.05, 4.69) is 20.3 Å². The number of fused-ring (bicyclic) bond motifs is 1. The third-order valence-electron chi connectivity index (χ3n) is 7.13. The number of alkyl halides is 2. The van der Waals surface area contributed by atoms with E-state index in [0.717, 1.165) is 42.1 Å². The van der Waals surface area contributed by atoms with Gasteiger partial charge in [0, 0.05) is 30.5 Å². The lowest BCUT2D eigenvalue weighted by Gasteiger charge is -2.26. The summed E-state index contributed by atoms with van der Waals surface area (Å²) in [4.78, 5) is 25.5. The van der Waals surface area contributed by atoms with E-state index in [1.165, 1.54) is 16.2 Å². The second-order valence-electron chi connectivity index (χ2n) is 9.76. The topological polar surface area (TPSA) is 75.0 Å². The molecule has 2 aliphatic carbocycles. The minimum atomic E-state index is -3.02. The number of carbonyl (C=O) groups is 1. The molecule has 35 heavy (non-hydrogen) atoms. The third-order valence-corrected chi connectivity index (χ3v) is 7.13. The van der Waals surface area contributed by atoms with Gasteiger partial charge >= 0.3 is 0 Å². The summed E-state index contributed by atoms with van der Waals surface area (Å²) in [6.45, 7) is 3.48. The predicted octanol–water partition coefficient (Wildman–Crippen LogP) is 4.26. The van der Waals surface area contributed by atoms with Crippen molar-refractivity contribution >= 4 is 22.8 Å². The van der Waals surface area contributed by atoms with Crippen molar-refractivity contribution in [1.29, 1.82) is 0 Å². The number of halogens is 2. The number of rotatable bonds is 4. The zero-order valence-electron chi connectivity index (χ0n) is 20.4. The van der Waals surface area contributed by atoms with E-state index in [1.54, 1.807) is 0 Å². The Morgan fingerprint density at radius 3 is 2.69 bits per heavy atom. The quantitative estimate of drug-likeness (QED) is 0.696. The molecule has 1 unspecified atom stereocenters. The third kappa shape index (κ3) is 5.12. The van der Waals surface area contributed by atoms with Crippen LogP contribution in [0.25, 0.3) is 10.9 Å². The van der Waals surface area contributed by atoms with Crippen molar-refractivity contribution in [1.82, 2.24) is 25.1 Å². The van der Waals surface area contributed by atoms with Crippen molar-refractivity contribution < 1.29 is 18.4 Å². The Morgan fingerprint density at radius 1 is 1.17 bits per heavy atom. The first-order valence-electron chi connectivity index (χ1n) is 12.8. The van der Waals surface area contributed by atoms with Crippen LogP contribution >= 0.6 is 0 Å². The molecule has 6 rings (SSSR count). The molecule has 10 heteroatoms. The van der Waals surface area contributed by atoms with Crippen molar-refractivity contribution in [2.75, 3.05) is 26.2 Å². The first-order valence-corrected chi connectivity index (χ1v) is 12.8. The monoisotopic (exact) mass is 488 g/mol. The predicted molar refractivity (Wildman–Crippen MR) is 129 cm³/mol. The molecule has 4 aliphatic rings. The average molecular weight is 489 g/mol. The Balaban J connectivity index is 0.00000124. The molecule has 190 valence electrons. The average Bonchev–Trinajstić information content (AvgIpc) is 3.37. The molecule has 0 bridgehead atoms. The van der Waals surface area contributed by atoms with Crippen LogP contribution < -0.4 is 5.48 Å². The Hall–Kier alpha value is -2.75. The summed E-state index contributed by atoms with van der Waals surface area (Å²) in [5, 5.41) is 5.60. The van der Waals surface area contributed by atoms with E-state index >= 15 is 0 Å². The summed E-state index contributed by atoms with van der Waals surface area (Å²) in [7, 11) is 0. The van der Waals surface area contributed by atoms with Crippen LogP contribution in [0.1, 0.15) is 70.2 Å². The molecule has 2 aliphatic heterocycles. The Bertz CT molecular complexity index is 1090. The number of aliphatic imine (C=N–C) groups is 1. The van der Waals surface area contributed by atoms with Gasteiger partial charge in [-0.25, -0.2) is 24.1 Å². The maximum absolute atomic E-state index is 14.7. The molecular formula is C25H34F2N6O2. The largest absolute Gasteiger partial charge is 0.335 e.